The fourth-order valence-electron chi connectivity index (χ4n) is 4.98. The summed E-state index contributed by atoms with van der Waals surface area (Å²) in [7, 11) is 3.27. The third-order valence-electron chi connectivity index (χ3n) is 7.15. The van der Waals surface area contributed by atoms with Crippen molar-refractivity contribution in [2.75, 3.05) is 19.0 Å². The average molecular weight is 602 g/mol. The molecule has 0 spiro atoms. The normalized spacial score (nSPS) is 15.3. The molecule has 1 amide bonds. The zero-order valence-corrected chi connectivity index (χ0v) is 24.1. The molecule has 1 aliphatic rings. The fourth-order valence-corrected chi connectivity index (χ4v) is 5.69. The fraction of sp³-hybridized carbons (Fsp3) is 0.194. The summed E-state index contributed by atoms with van der Waals surface area (Å²) in [5.41, 5.74) is 4.32. The Balaban J connectivity index is 1.31. The Hall–Kier alpha value is -4.37. The molecule has 40 heavy (non-hydrogen) atoms. The average Bonchev–Trinajstić information content (AvgIpc) is 3.32. The molecule has 8 nitrogen and oxygen atoms in total. The van der Waals surface area contributed by atoms with Crippen molar-refractivity contribution in [1.82, 2.24) is 9.36 Å². The molecule has 0 saturated carbocycles. The number of carbonyl (C=O) groups excluding carboxylic acids is 2. The molecule has 204 valence electrons. The van der Waals surface area contributed by atoms with E-state index >= 15 is 0 Å². The highest BCUT2D eigenvalue weighted by Crippen LogP contribution is 2.42. The molecular formula is C31H28BrN3O5. The van der Waals surface area contributed by atoms with E-state index in [1.807, 2.05) is 61.5 Å². The minimum atomic E-state index is -0.479. The van der Waals surface area contributed by atoms with E-state index in [4.69, 9.17) is 9.47 Å². The molecule has 1 atom stereocenters. The Morgan fingerprint density at radius 2 is 1.80 bits per heavy atom. The van der Waals surface area contributed by atoms with E-state index in [0.29, 0.717) is 34.0 Å². The zero-order valence-electron chi connectivity index (χ0n) is 22.5. The highest BCUT2D eigenvalue weighted by Gasteiger charge is 2.33. The van der Waals surface area contributed by atoms with Crippen LogP contribution < -0.4 is 20.3 Å². The first-order chi connectivity index (χ1) is 19.2. The van der Waals surface area contributed by atoms with Crippen LogP contribution in [0.2, 0.25) is 0 Å². The number of amides is 1. The number of nitrogens with zero attached hydrogens (tertiary/aromatic N) is 2. The summed E-state index contributed by atoms with van der Waals surface area (Å²) in [6, 6.07) is 20.1. The van der Waals surface area contributed by atoms with Gasteiger partial charge in [0.25, 0.3) is 11.5 Å². The number of rotatable bonds is 7. The molecule has 1 N–H and O–H groups in total. The van der Waals surface area contributed by atoms with Gasteiger partial charge in [0.2, 0.25) is 0 Å². The van der Waals surface area contributed by atoms with Gasteiger partial charge in [-0.3, -0.25) is 19.1 Å². The van der Waals surface area contributed by atoms with Crippen LogP contribution in [0.25, 0.3) is 11.8 Å². The molecule has 1 heterocycles. The molecular weight excluding hydrogens is 574 g/mol. The Morgan fingerprint density at radius 3 is 2.50 bits per heavy atom. The number of benzene rings is 3. The van der Waals surface area contributed by atoms with Gasteiger partial charge in [-0.15, -0.1) is 0 Å². The van der Waals surface area contributed by atoms with Crippen LogP contribution in [0, 0.1) is 6.92 Å². The number of aromatic nitrogens is 2. The first kappa shape index (κ1) is 27.2. The van der Waals surface area contributed by atoms with Crippen LogP contribution in [0.15, 0.2) is 81.6 Å². The zero-order chi connectivity index (χ0) is 28.6. The summed E-state index contributed by atoms with van der Waals surface area (Å²) in [6.45, 7) is 3.45. The van der Waals surface area contributed by atoms with Gasteiger partial charge in [0.05, 0.1) is 18.5 Å². The van der Waals surface area contributed by atoms with E-state index in [1.165, 1.54) is 11.8 Å². The molecule has 5 rings (SSSR count). The number of ketones is 1. The number of methoxy groups -OCH3 is 1. The number of allylic oxidation sites excluding steroid dienone is 1. The van der Waals surface area contributed by atoms with Crippen LogP contribution in [0.4, 0.5) is 5.69 Å². The molecule has 0 saturated heterocycles. The second-order valence-electron chi connectivity index (χ2n) is 9.54. The highest BCUT2D eigenvalue weighted by molar-refractivity contribution is 9.10. The van der Waals surface area contributed by atoms with Gasteiger partial charge in [-0.05, 0) is 54.5 Å². The minimum absolute atomic E-state index is 0.00213. The third kappa shape index (κ3) is 4.88. The van der Waals surface area contributed by atoms with Gasteiger partial charge in [-0.2, -0.15) is 0 Å². The molecule has 0 bridgehead atoms. The van der Waals surface area contributed by atoms with Gasteiger partial charge in [-0.1, -0.05) is 59.3 Å². The van der Waals surface area contributed by atoms with Crippen LogP contribution in [0.5, 0.6) is 11.5 Å². The lowest BCUT2D eigenvalue weighted by molar-refractivity contribution is -0.118. The van der Waals surface area contributed by atoms with E-state index in [9.17, 15) is 14.4 Å². The highest BCUT2D eigenvalue weighted by atomic mass is 79.9. The lowest BCUT2D eigenvalue weighted by atomic mass is 9.98. The standard InChI is InChI=1S/C31H28BrN3O5/c1-18-23(30(37)22-11-8-12-24(32)28(18)22)15-20-13-14-25(26(16-20)39-4)40-17-27(36)33-29-19(2)34(3)35(31(29)38)21-9-6-5-7-10-21/h5-16,18H,17H2,1-4H3,(H,33,36)/b23-15+. The van der Waals surface area contributed by atoms with E-state index in [0.717, 1.165) is 15.6 Å². The van der Waals surface area contributed by atoms with Crippen molar-refractivity contribution in [2.45, 2.75) is 19.8 Å². The van der Waals surface area contributed by atoms with Gasteiger partial charge >= 0.3 is 0 Å². The van der Waals surface area contributed by atoms with Crippen LogP contribution >= 0.6 is 15.9 Å². The number of ether oxygens (including phenoxy) is 2. The van der Waals surface area contributed by atoms with E-state index in [-0.39, 0.29) is 29.6 Å². The molecule has 0 fully saturated rings. The first-order valence-corrected chi connectivity index (χ1v) is 13.5. The van der Waals surface area contributed by atoms with Gasteiger partial charge in [-0.25, -0.2) is 4.68 Å². The lowest BCUT2D eigenvalue weighted by Crippen LogP contribution is -2.25. The quantitative estimate of drug-likeness (QED) is 0.276. The second-order valence-corrected chi connectivity index (χ2v) is 10.4. The van der Waals surface area contributed by atoms with Crippen LogP contribution in [-0.2, 0) is 11.8 Å². The molecule has 0 radical (unpaired) electrons. The second kappa shape index (κ2) is 11.0. The number of hydrogen-bond donors (Lipinski definition) is 1. The molecule has 1 aromatic heterocycles. The van der Waals surface area contributed by atoms with E-state index in [2.05, 4.69) is 21.2 Å². The SMILES string of the molecule is COc1cc(/C=C2/C(=O)c3cccc(Br)c3C2C)ccc1OCC(=O)Nc1c(C)n(C)n(-c2ccccc2)c1=O. The number of para-hydroxylation sites is 1. The number of nitrogens with one attached hydrogen (secondary N) is 1. The topological polar surface area (TPSA) is 91.6 Å². The summed E-state index contributed by atoms with van der Waals surface area (Å²) in [4.78, 5) is 38.9. The molecule has 1 unspecified atom stereocenters. The van der Waals surface area contributed by atoms with Crippen molar-refractivity contribution in [3.63, 3.8) is 0 Å². The van der Waals surface area contributed by atoms with Gasteiger partial charge in [0, 0.05) is 28.6 Å². The number of halogens is 1. The van der Waals surface area contributed by atoms with E-state index < -0.39 is 5.91 Å². The summed E-state index contributed by atoms with van der Waals surface area (Å²) >= 11 is 3.56. The number of fused-ring (bicyclic) bond motifs is 1. The maximum Gasteiger partial charge on any atom is 0.295 e. The van der Waals surface area contributed by atoms with Crippen molar-refractivity contribution >= 4 is 39.4 Å². The number of anilines is 1. The van der Waals surface area contributed by atoms with Crippen LogP contribution in [0.1, 0.15) is 40.0 Å². The minimum Gasteiger partial charge on any atom is -0.493 e. The number of Topliss-reactive ketones (excluding diaryl/α,β-unsaturated/α-hetero) is 1. The Bertz CT molecular complexity index is 1720. The van der Waals surface area contributed by atoms with Gasteiger partial charge < -0.3 is 14.8 Å². The molecule has 4 aromatic rings. The summed E-state index contributed by atoms with van der Waals surface area (Å²) in [6.07, 6.45) is 1.86. The Labute approximate surface area is 240 Å². The first-order valence-electron chi connectivity index (χ1n) is 12.7. The predicted octanol–water partition coefficient (Wildman–Crippen LogP) is 5.66. The van der Waals surface area contributed by atoms with Crippen LogP contribution in [0.3, 0.4) is 0 Å². The monoisotopic (exact) mass is 601 g/mol. The van der Waals surface area contributed by atoms with Gasteiger partial charge in [0.1, 0.15) is 5.69 Å². The van der Waals surface area contributed by atoms with Crippen molar-refractivity contribution < 1.29 is 19.1 Å². The lowest BCUT2D eigenvalue weighted by Gasteiger charge is -2.12. The van der Waals surface area contributed by atoms with Crippen molar-refractivity contribution in [3.05, 3.63) is 110 Å². The predicted molar refractivity (Wildman–Crippen MR) is 158 cm³/mol. The summed E-state index contributed by atoms with van der Waals surface area (Å²) < 4.78 is 15.4. The molecule has 9 heteroatoms. The Morgan fingerprint density at radius 1 is 1.05 bits per heavy atom. The molecule has 0 aliphatic heterocycles. The molecule has 3 aromatic carbocycles. The maximum atomic E-state index is 13.1. The van der Waals surface area contributed by atoms with Crippen molar-refractivity contribution in [3.8, 4) is 17.2 Å². The van der Waals surface area contributed by atoms with Crippen molar-refractivity contribution in [2.24, 2.45) is 7.05 Å². The number of hydrogen-bond acceptors (Lipinski definition) is 5. The molecule has 1 aliphatic carbocycles. The smallest absolute Gasteiger partial charge is 0.295 e. The third-order valence-corrected chi connectivity index (χ3v) is 7.84. The van der Waals surface area contributed by atoms with Crippen LogP contribution in [-0.4, -0.2) is 34.8 Å². The van der Waals surface area contributed by atoms with Crippen molar-refractivity contribution in [1.29, 1.82) is 0 Å². The summed E-state index contributed by atoms with van der Waals surface area (Å²) in [5, 5.41) is 2.69. The largest absolute Gasteiger partial charge is 0.493 e. The van der Waals surface area contributed by atoms with Gasteiger partial charge in [0.15, 0.2) is 23.9 Å². The Kier molecular flexibility index (Phi) is 7.49. The number of carbonyl (C=O) groups is 2. The summed E-state index contributed by atoms with van der Waals surface area (Å²) in [5.74, 6) is 0.247. The maximum absolute atomic E-state index is 13.1. The van der Waals surface area contributed by atoms with E-state index in [1.54, 1.807) is 36.9 Å².